The van der Waals surface area contributed by atoms with Gasteiger partial charge in [0.25, 0.3) is 0 Å². The number of methoxy groups -OCH3 is 1. The molecule has 0 aliphatic rings. The van der Waals surface area contributed by atoms with Crippen molar-refractivity contribution in [3.05, 3.63) is 53.3 Å². The van der Waals surface area contributed by atoms with E-state index in [-0.39, 0.29) is 6.09 Å². The van der Waals surface area contributed by atoms with Gasteiger partial charge in [0, 0.05) is 13.1 Å². The van der Waals surface area contributed by atoms with Gasteiger partial charge in [0.2, 0.25) is 0 Å². The molecule has 3 aromatic heterocycles. The number of imidazole rings is 1. The molecule has 0 bridgehead atoms. The molecule has 0 saturated heterocycles. The van der Waals surface area contributed by atoms with Crippen LogP contribution in [0.15, 0.2) is 41.9 Å². The van der Waals surface area contributed by atoms with Gasteiger partial charge in [0.15, 0.2) is 0 Å². The largest absolute Gasteiger partial charge is 0.497 e. The minimum atomic E-state index is -0.555. The van der Waals surface area contributed by atoms with Gasteiger partial charge in [-0.25, -0.2) is 9.78 Å². The molecule has 3 heterocycles. The molecule has 0 aliphatic carbocycles. The van der Waals surface area contributed by atoms with Gasteiger partial charge in [-0.05, 0) is 56.8 Å². The van der Waals surface area contributed by atoms with Crippen LogP contribution in [0.3, 0.4) is 0 Å². The molecule has 0 aliphatic heterocycles. The average molecular weight is 453 g/mol. The highest BCUT2D eigenvalue weighted by Gasteiger charge is 2.24. The molecule has 0 atom stereocenters. The monoisotopic (exact) mass is 452 g/mol. The van der Waals surface area contributed by atoms with Crippen molar-refractivity contribution in [2.45, 2.75) is 46.4 Å². The molecule has 0 N–H and O–H groups in total. The number of thiophene rings is 1. The molecule has 1 amide bonds. The van der Waals surface area contributed by atoms with Gasteiger partial charge in [-0.2, -0.15) is 0 Å². The predicted octanol–water partition coefficient (Wildman–Crippen LogP) is 5.46. The number of hydrogen-bond acceptors (Lipinski definition) is 6. The summed E-state index contributed by atoms with van der Waals surface area (Å²) in [5.41, 5.74) is 3.37. The number of carbonyl (C=O) groups is 1. The van der Waals surface area contributed by atoms with E-state index in [0.717, 1.165) is 38.4 Å². The maximum atomic E-state index is 12.8. The molecule has 0 fully saturated rings. The first-order valence-electron chi connectivity index (χ1n) is 10.6. The van der Waals surface area contributed by atoms with Crippen molar-refractivity contribution < 1.29 is 14.3 Å². The van der Waals surface area contributed by atoms with E-state index >= 15 is 0 Å². The Morgan fingerprint density at radius 1 is 1.16 bits per heavy atom. The molecular formula is C24H28N4O3S. The van der Waals surface area contributed by atoms with Crippen LogP contribution in [-0.2, 0) is 17.8 Å². The summed E-state index contributed by atoms with van der Waals surface area (Å²) in [7, 11) is 1.66. The van der Waals surface area contributed by atoms with Gasteiger partial charge in [-0.15, -0.1) is 11.3 Å². The lowest BCUT2D eigenvalue weighted by Crippen LogP contribution is -2.37. The summed E-state index contributed by atoms with van der Waals surface area (Å²) in [5, 5.41) is 2.04. The lowest BCUT2D eigenvalue weighted by Gasteiger charge is -2.26. The van der Waals surface area contributed by atoms with Crippen LogP contribution in [0, 0.1) is 0 Å². The van der Waals surface area contributed by atoms with Crippen LogP contribution >= 0.6 is 11.3 Å². The zero-order valence-electron chi connectivity index (χ0n) is 19.1. The van der Waals surface area contributed by atoms with Crippen LogP contribution < -0.4 is 4.74 Å². The van der Waals surface area contributed by atoms with Gasteiger partial charge in [-0.3, -0.25) is 4.98 Å². The second kappa shape index (κ2) is 8.78. The number of hydrogen-bond donors (Lipinski definition) is 0. The Balaban J connectivity index is 1.77. The van der Waals surface area contributed by atoms with E-state index in [4.69, 9.17) is 14.5 Å². The van der Waals surface area contributed by atoms with Crippen molar-refractivity contribution >= 4 is 38.7 Å². The third-order valence-electron chi connectivity index (χ3n) is 5.12. The summed E-state index contributed by atoms with van der Waals surface area (Å²) in [6.45, 7) is 9.05. The lowest BCUT2D eigenvalue weighted by atomic mass is 10.2. The normalized spacial score (nSPS) is 11.8. The van der Waals surface area contributed by atoms with E-state index in [1.165, 1.54) is 0 Å². The van der Waals surface area contributed by atoms with E-state index in [1.54, 1.807) is 23.3 Å². The third-order valence-corrected chi connectivity index (χ3v) is 6.03. The number of benzene rings is 1. The fourth-order valence-corrected chi connectivity index (χ4v) is 4.47. The smallest absolute Gasteiger partial charge is 0.410 e. The second-order valence-corrected chi connectivity index (χ2v) is 9.50. The van der Waals surface area contributed by atoms with E-state index in [9.17, 15) is 4.79 Å². The SMILES string of the molecule is CCN(Cc1nc2cnc3ccsc3c2n1Cc1ccc(OC)cc1)C(=O)OC(C)(C)C. The second-order valence-electron chi connectivity index (χ2n) is 8.58. The van der Waals surface area contributed by atoms with E-state index in [0.29, 0.717) is 19.6 Å². The third kappa shape index (κ3) is 4.55. The van der Waals surface area contributed by atoms with Crippen LogP contribution in [0.25, 0.3) is 21.3 Å². The Morgan fingerprint density at radius 2 is 1.91 bits per heavy atom. The number of ether oxygens (including phenoxy) is 2. The highest BCUT2D eigenvalue weighted by atomic mass is 32.1. The highest BCUT2D eigenvalue weighted by Crippen LogP contribution is 2.30. The zero-order valence-corrected chi connectivity index (χ0v) is 19.9. The van der Waals surface area contributed by atoms with E-state index in [1.807, 2.05) is 69.6 Å². The number of fused-ring (bicyclic) bond motifs is 3. The fourth-order valence-electron chi connectivity index (χ4n) is 3.57. The Morgan fingerprint density at radius 3 is 2.56 bits per heavy atom. The molecule has 1 aromatic carbocycles. The molecule has 4 aromatic rings. The molecule has 0 spiro atoms. The number of aromatic nitrogens is 3. The fraction of sp³-hybridized carbons (Fsp3) is 0.375. The van der Waals surface area contributed by atoms with E-state index in [2.05, 4.69) is 9.55 Å². The van der Waals surface area contributed by atoms with Gasteiger partial charge >= 0.3 is 6.09 Å². The van der Waals surface area contributed by atoms with Crippen molar-refractivity contribution in [3.8, 4) is 5.75 Å². The first-order valence-corrected chi connectivity index (χ1v) is 11.5. The Kier molecular flexibility index (Phi) is 6.06. The van der Waals surface area contributed by atoms with Crippen LogP contribution in [0.4, 0.5) is 4.79 Å². The topological polar surface area (TPSA) is 69.5 Å². The Hall–Kier alpha value is -3.13. The number of pyridine rings is 1. The van der Waals surface area contributed by atoms with Crippen LogP contribution in [0.5, 0.6) is 5.75 Å². The Bertz CT molecular complexity index is 1240. The summed E-state index contributed by atoms with van der Waals surface area (Å²) in [6.07, 6.45) is 1.46. The first kappa shape index (κ1) is 22.1. The van der Waals surface area contributed by atoms with Crippen LogP contribution in [0.1, 0.15) is 39.1 Å². The molecule has 0 radical (unpaired) electrons. The van der Waals surface area contributed by atoms with Crippen molar-refractivity contribution in [3.63, 3.8) is 0 Å². The van der Waals surface area contributed by atoms with Gasteiger partial charge in [0.1, 0.15) is 22.7 Å². The zero-order chi connectivity index (χ0) is 22.9. The quantitative estimate of drug-likeness (QED) is 0.389. The van der Waals surface area contributed by atoms with Gasteiger partial charge in [-0.1, -0.05) is 12.1 Å². The van der Waals surface area contributed by atoms with Crippen LogP contribution in [-0.4, -0.2) is 44.8 Å². The first-order chi connectivity index (χ1) is 15.3. The maximum absolute atomic E-state index is 12.8. The lowest BCUT2D eigenvalue weighted by molar-refractivity contribution is 0.0238. The molecular weight excluding hydrogens is 424 g/mol. The predicted molar refractivity (Wildman–Crippen MR) is 127 cm³/mol. The van der Waals surface area contributed by atoms with Crippen LogP contribution in [0.2, 0.25) is 0 Å². The van der Waals surface area contributed by atoms with Crippen molar-refractivity contribution in [2.24, 2.45) is 0 Å². The molecule has 7 nitrogen and oxygen atoms in total. The van der Waals surface area contributed by atoms with Gasteiger partial charge < -0.3 is 18.9 Å². The Labute approximate surface area is 191 Å². The summed E-state index contributed by atoms with van der Waals surface area (Å²) in [6, 6.07) is 10.0. The molecule has 0 unspecified atom stereocenters. The number of rotatable bonds is 6. The number of carbonyl (C=O) groups excluding carboxylic acids is 1. The molecule has 168 valence electrons. The van der Waals surface area contributed by atoms with E-state index < -0.39 is 5.60 Å². The van der Waals surface area contributed by atoms with Crippen molar-refractivity contribution in [2.75, 3.05) is 13.7 Å². The minimum Gasteiger partial charge on any atom is -0.497 e. The summed E-state index contributed by atoms with van der Waals surface area (Å²) in [5.74, 6) is 1.61. The summed E-state index contributed by atoms with van der Waals surface area (Å²) >= 11 is 1.65. The maximum Gasteiger partial charge on any atom is 0.410 e. The number of nitrogens with zero attached hydrogens (tertiary/aromatic N) is 4. The standard InChI is InChI=1S/C24H28N4O3S/c1-6-27(23(29)31-24(2,3)4)15-20-26-19-13-25-18-11-12-32-22(18)21(19)28(20)14-16-7-9-17(30-5)10-8-16/h7-13H,6,14-15H2,1-5H3. The van der Waals surface area contributed by atoms with Crippen molar-refractivity contribution in [1.29, 1.82) is 0 Å². The number of amides is 1. The highest BCUT2D eigenvalue weighted by molar-refractivity contribution is 7.18. The molecule has 4 rings (SSSR count). The minimum absolute atomic E-state index is 0.345. The molecule has 32 heavy (non-hydrogen) atoms. The molecule has 8 heteroatoms. The average Bonchev–Trinajstić information content (AvgIpc) is 3.35. The summed E-state index contributed by atoms with van der Waals surface area (Å²) in [4.78, 5) is 23.9. The van der Waals surface area contributed by atoms with Crippen molar-refractivity contribution in [1.82, 2.24) is 19.4 Å². The van der Waals surface area contributed by atoms with Gasteiger partial charge in [0.05, 0.1) is 35.6 Å². The molecule has 0 saturated carbocycles. The summed E-state index contributed by atoms with van der Waals surface area (Å²) < 4.78 is 14.2.